The molecule has 2 N–H and O–H groups in total. The number of hydrogen-bond donors (Lipinski definition) is 2. The Bertz CT molecular complexity index is 658. The summed E-state index contributed by atoms with van der Waals surface area (Å²) in [5.74, 6) is -0.202. The standard InChI is InChI=1S/C23H36N4O2/c28-22-13-18-27(23(29)25-22)21-12-10-11-20(19-21)24-14-6-3-1-2-4-7-15-26-16-8-5-9-17-26/h10-12,19,24H,1-9,13-18H2,(H,25,28,29). The van der Waals surface area contributed by atoms with E-state index in [0.29, 0.717) is 13.0 Å². The molecule has 0 aliphatic carbocycles. The minimum absolute atomic E-state index is 0.202. The lowest BCUT2D eigenvalue weighted by atomic mass is 10.1. The molecule has 3 rings (SSSR count). The van der Waals surface area contributed by atoms with Gasteiger partial charge in [0.15, 0.2) is 0 Å². The van der Waals surface area contributed by atoms with E-state index in [1.54, 1.807) is 4.90 Å². The molecule has 0 saturated carbocycles. The van der Waals surface area contributed by atoms with Crippen molar-refractivity contribution in [3.63, 3.8) is 0 Å². The smallest absolute Gasteiger partial charge is 0.328 e. The van der Waals surface area contributed by atoms with Crippen LogP contribution in [0.4, 0.5) is 16.2 Å². The van der Waals surface area contributed by atoms with Crippen LogP contribution < -0.4 is 15.5 Å². The molecule has 2 fully saturated rings. The van der Waals surface area contributed by atoms with E-state index in [4.69, 9.17) is 0 Å². The lowest BCUT2D eigenvalue weighted by Crippen LogP contribution is -2.49. The third kappa shape index (κ3) is 7.35. The van der Waals surface area contributed by atoms with Gasteiger partial charge in [0, 0.05) is 30.9 Å². The number of unbranched alkanes of at least 4 members (excludes halogenated alkanes) is 5. The zero-order valence-corrected chi connectivity index (χ0v) is 17.6. The number of carbonyl (C=O) groups excluding carboxylic acids is 2. The van der Waals surface area contributed by atoms with Gasteiger partial charge < -0.3 is 10.2 Å². The number of carbonyl (C=O) groups is 2. The minimum Gasteiger partial charge on any atom is -0.385 e. The van der Waals surface area contributed by atoms with Crippen molar-refractivity contribution in [2.75, 3.05) is 42.9 Å². The summed E-state index contributed by atoms with van der Waals surface area (Å²) in [6, 6.07) is 7.53. The van der Waals surface area contributed by atoms with Crippen molar-refractivity contribution < 1.29 is 9.59 Å². The maximum atomic E-state index is 12.0. The Morgan fingerprint density at radius 2 is 1.66 bits per heavy atom. The molecule has 160 valence electrons. The normalized spacial score (nSPS) is 18.0. The van der Waals surface area contributed by atoms with Gasteiger partial charge in [0.25, 0.3) is 0 Å². The fraction of sp³-hybridized carbons (Fsp3) is 0.652. The largest absolute Gasteiger partial charge is 0.385 e. The molecule has 29 heavy (non-hydrogen) atoms. The summed E-state index contributed by atoms with van der Waals surface area (Å²) in [5.41, 5.74) is 1.85. The number of hydrogen-bond acceptors (Lipinski definition) is 4. The number of anilines is 2. The molecule has 1 aromatic rings. The van der Waals surface area contributed by atoms with Gasteiger partial charge in [-0.3, -0.25) is 15.0 Å². The van der Waals surface area contributed by atoms with Crippen LogP contribution >= 0.6 is 0 Å². The van der Waals surface area contributed by atoms with Gasteiger partial charge in [-0.15, -0.1) is 0 Å². The molecule has 0 aromatic heterocycles. The fourth-order valence-electron chi connectivity index (χ4n) is 4.18. The Morgan fingerprint density at radius 3 is 2.45 bits per heavy atom. The first-order chi connectivity index (χ1) is 14.2. The van der Waals surface area contributed by atoms with Crippen molar-refractivity contribution in [1.29, 1.82) is 0 Å². The van der Waals surface area contributed by atoms with Crippen LogP contribution in [0.2, 0.25) is 0 Å². The Morgan fingerprint density at radius 1 is 0.897 bits per heavy atom. The number of imide groups is 1. The number of benzene rings is 1. The number of piperidine rings is 1. The molecule has 6 nitrogen and oxygen atoms in total. The van der Waals surface area contributed by atoms with Crippen molar-refractivity contribution >= 4 is 23.3 Å². The van der Waals surface area contributed by atoms with E-state index in [0.717, 1.165) is 24.3 Å². The van der Waals surface area contributed by atoms with Crippen LogP contribution in [0.3, 0.4) is 0 Å². The predicted octanol–water partition coefficient (Wildman–Crippen LogP) is 4.37. The molecule has 1 aromatic carbocycles. The maximum absolute atomic E-state index is 12.0. The highest BCUT2D eigenvalue weighted by atomic mass is 16.2. The number of urea groups is 1. The molecule has 0 unspecified atom stereocenters. The average molecular weight is 401 g/mol. The molecule has 6 heteroatoms. The monoisotopic (exact) mass is 400 g/mol. The summed E-state index contributed by atoms with van der Waals surface area (Å²) in [7, 11) is 0. The molecule has 0 atom stereocenters. The number of rotatable bonds is 11. The topological polar surface area (TPSA) is 64.7 Å². The highest BCUT2D eigenvalue weighted by Gasteiger charge is 2.24. The third-order valence-electron chi connectivity index (χ3n) is 5.89. The van der Waals surface area contributed by atoms with Gasteiger partial charge in [-0.2, -0.15) is 0 Å². The van der Waals surface area contributed by atoms with Crippen molar-refractivity contribution in [2.45, 2.75) is 64.2 Å². The molecule has 2 aliphatic rings. The molecule has 2 aliphatic heterocycles. The maximum Gasteiger partial charge on any atom is 0.328 e. The van der Waals surface area contributed by atoms with Gasteiger partial charge in [-0.05, 0) is 63.5 Å². The first-order valence-electron chi connectivity index (χ1n) is 11.4. The van der Waals surface area contributed by atoms with E-state index in [2.05, 4.69) is 15.5 Å². The molecule has 2 saturated heterocycles. The quantitative estimate of drug-likeness (QED) is 0.541. The van der Waals surface area contributed by atoms with Gasteiger partial charge in [-0.25, -0.2) is 4.79 Å². The van der Waals surface area contributed by atoms with Crippen LogP contribution in [-0.4, -0.2) is 49.6 Å². The van der Waals surface area contributed by atoms with Crippen LogP contribution in [0.1, 0.15) is 64.2 Å². The van der Waals surface area contributed by atoms with E-state index >= 15 is 0 Å². The zero-order chi connectivity index (χ0) is 20.3. The number of nitrogens with zero attached hydrogens (tertiary/aromatic N) is 2. The summed E-state index contributed by atoms with van der Waals surface area (Å²) in [4.78, 5) is 27.5. The van der Waals surface area contributed by atoms with E-state index in [1.165, 1.54) is 71.0 Å². The van der Waals surface area contributed by atoms with E-state index in [1.807, 2.05) is 24.3 Å². The Kier molecular flexibility index (Phi) is 8.81. The van der Waals surface area contributed by atoms with E-state index < -0.39 is 0 Å². The summed E-state index contributed by atoms with van der Waals surface area (Å²) in [6.45, 7) is 5.30. The van der Waals surface area contributed by atoms with Crippen molar-refractivity contribution in [2.24, 2.45) is 0 Å². The Balaban J connectivity index is 1.25. The molecule has 3 amide bonds. The number of likely N-dealkylation sites (tertiary alicyclic amines) is 1. The third-order valence-corrected chi connectivity index (χ3v) is 5.89. The van der Waals surface area contributed by atoms with Gasteiger partial charge in [0.2, 0.25) is 5.91 Å². The van der Waals surface area contributed by atoms with Crippen molar-refractivity contribution in [1.82, 2.24) is 10.2 Å². The SMILES string of the molecule is O=C1CCN(c2cccc(NCCCCCCCCN3CCCCC3)c2)C(=O)N1. The lowest BCUT2D eigenvalue weighted by molar-refractivity contribution is -0.120. The molecule has 0 radical (unpaired) electrons. The number of nitrogens with one attached hydrogen (secondary N) is 2. The highest BCUT2D eigenvalue weighted by Crippen LogP contribution is 2.21. The van der Waals surface area contributed by atoms with Crippen LogP contribution in [-0.2, 0) is 4.79 Å². The first kappa shape index (κ1) is 21.6. The molecule has 0 spiro atoms. The molecule has 2 heterocycles. The molecule has 0 bridgehead atoms. The summed E-state index contributed by atoms with van der Waals surface area (Å²) in [5, 5.41) is 5.83. The van der Waals surface area contributed by atoms with Crippen LogP contribution in [0.5, 0.6) is 0 Å². The van der Waals surface area contributed by atoms with E-state index in [-0.39, 0.29) is 11.9 Å². The second kappa shape index (κ2) is 11.8. The summed E-state index contributed by atoms with van der Waals surface area (Å²) >= 11 is 0. The van der Waals surface area contributed by atoms with Gasteiger partial charge in [-0.1, -0.05) is 38.2 Å². The van der Waals surface area contributed by atoms with Gasteiger partial charge in [0.1, 0.15) is 0 Å². The second-order valence-corrected chi connectivity index (χ2v) is 8.26. The van der Waals surface area contributed by atoms with Crippen molar-refractivity contribution in [3.05, 3.63) is 24.3 Å². The lowest BCUT2D eigenvalue weighted by Gasteiger charge is -2.26. The fourth-order valence-corrected chi connectivity index (χ4v) is 4.18. The Hall–Kier alpha value is -2.08. The summed E-state index contributed by atoms with van der Waals surface area (Å²) < 4.78 is 0. The minimum atomic E-state index is -0.335. The summed E-state index contributed by atoms with van der Waals surface area (Å²) in [6.07, 6.45) is 12.3. The average Bonchev–Trinajstić information content (AvgIpc) is 2.73. The number of amides is 3. The van der Waals surface area contributed by atoms with Crippen molar-refractivity contribution in [3.8, 4) is 0 Å². The van der Waals surface area contributed by atoms with Gasteiger partial charge in [0.05, 0.1) is 0 Å². The predicted molar refractivity (Wildman–Crippen MR) is 118 cm³/mol. The highest BCUT2D eigenvalue weighted by molar-refractivity contribution is 6.05. The van der Waals surface area contributed by atoms with Crippen LogP contribution in [0.25, 0.3) is 0 Å². The molecular formula is C23H36N4O2. The van der Waals surface area contributed by atoms with Crippen LogP contribution in [0.15, 0.2) is 24.3 Å². The zero-order valence-electron chi connectivity index (χ0n) is 17.6. The first-order valence-corrected chi connectivity index (χ1v) is 11.4. The van der Waals surface area contributed by atoms with Gasteiger partial charge >= 0.3 is 6.03 Å². The Labute approximate surface area is 175 Å². The second-order valence-electron chi connectivity index (χ2n) is 8.26. The van der Waals surface area contributed by atoms with Crippen LogP contribution in [0, 0.1) is 0 Å². The molecular weight excluding hydrogens is 364 g/mol. The van der Waals surface area contributed by atoms with E-state index in [9.17, 15) is 9.59 Å².